The maximum absolute atomic E-state index is 13.1. The van der Waals surface area contributed by atoms with Crippen molar-refractivity contribution < 1.29 is 14.6 Å². The summed E-state index contributed by atoms with van der Waals surface area (Å²) in [7, 11) is 2.55. The van der Waals surface area contributed by atoms with Crippen LogP contribution in [0.25, 0.3) is 11.0 Å². The third-order valence-electron chi connectivity index (χ3n) is 5.27. The van der Waals surface area contributed by atoms with Crippen LogP contribution in [0.15, 0.2) is 67.3 Å². The number of hydrogen-bond donors (Lipinski definition) is 2. The summed E-state index contributed by atoms with van der Waals surface area (Å²) in [6, 6.07) is 12.6. The van der Waals surface area contributed by atoms with Gasteiger partial charge in [0.2, 0.25) is 5.88 Å². The molecule has 1 unspecified atom stereocenters. The van der Waals surface area contributed by atoms with Gasteiger partial charge in [-0.1, -0.05) is 35.9 Å². The highest BCUT2D eigenvalue weighted by atomic mass is 35.5. The quantitative estimate of drug-likeness (QED) is 0.473. The predicted octanol–water partition coefficient (Wildman–Crippen LogP) is 2.44. The summed E-state index contributed by atoms with van der Waals surface area (Å²) in [5.41, 5.74) is -2.39. The summed E-state index contributed by atoms with van der Waals surface area (Å²) < 4.78 is 7.09. The third-order valence-corrected chi connectivity index (χ3v) is 5.52. The second-order valence-corrected chi connectivity index (χ2v) is 7.51. The van der Waals surface area contributed by atoms with E-state index in [-0.39, 0.29) is 27.8 Å². The second-order valence-electron chi connectivity index (χ2n) is 7.08. The van der Waals surface area contributed by atoms with E-state index in [1.54, 1.807) is 42.5 Å². The highest BCUT2D eigenvalue weighted by Crippen LogP contribution is 2.39. The lowest BCUT2D eigenvalue weighted by molar-refractivity contribution is 0.399. The van der Waals surface area contributed by atoms with Gasteiger partial charge in [-0.15, -0.1) is 0 Å². The van der Waals surface area contributed by atoms with Gasteiger partial charge in [0.1, 0.15) is 11.3 Å². The molecular weight excluding hydrogens is 424 g/mol. The Bertz CT molecular complexity index is 1500. The molecule has 0 bridgehead atoms. The van der Waals surface area contributed by atoms with Crippen molar-refractivity contribution in [2.75, 3.05) is 0 Å². The van der Waals surface area contributed by atoms with E-state index in [9.17, 15) is 24.6 Å². The summed E-state index contributed by atoms with van der Waals surface area (Å²) in [6.07, 6.45) is 0. The van der Waals surface area contributed by atoms with Crippen molar-refractivity contribution in [3.63, 3.8) is 0 Å². The average molecular weight is 441 g/mol. The smallest absolute Gasteiger partial charge is 0.344 e. The van der Waals surface area contributed by atoms with Crippen LogP contribution in [0.1, 0.15) is 22.6 Å². The minimum absolute atomic E-state index is 0.168. The standard InChI is InChI=1S/C22H17ClN2O6/c1-24-19(27)17(20(28)25(2)22(24)30)15(11-7-9-12(23)10-8-11)16-18(26)13-5-3-4-6-14(13)31-21(16)29/h3-10,15,26-27H,1-2H3. The Hall–Kier alpha value is -3.78. The van der Waals surface area contributed by atoms with Crippen LogP contribution in [-0.2, 0) is 14.1 Å². The van der Waals surface area contributed by atoms with Crippen molar-refractivity contribution in [2.24, 2.45) is 14.1 Å². The molecule has 31 heavy (non-hydrogen) atoms. The Labute approximate surface area is 179 Å². The molecule has 0 aliphatic rings. The van der Waals surface area contributed by atoms with Crippen LogP contribution in [0.4, 0.5) is 0 Å². The maximum atomic E-state index is 13.1. The van der Waals surface area contributed by atoms with Gasteiger partial charge < -0.3 is 14.6 Å². The van der Waals surface area contributed by atoms with E-state index in [0.717, 1.165) is 9.13 Å². The Morgan fingerprint density at radius 2 is 1.55 bits per heavy atom. The van der Waals surface area contributed by atoms with Gasteiger partial charge in [-0.25, -0.2) is 9.59 Å². The number of rotatable bonds is 3. The Balaban J connectivity index is 2.17. The molecule has 9 heteroatoms. The highest BCUT2D eigenvalue weighted by Gasteiger charge is 2.32. The zero-order chi connectivity index (χ0) is 22.4. The molecule has 0 saturated carbocycles. The number of halogens is 1. The SMILES string of the molecule is Cn1c(O)c(C(c2ccc(Cl)cc2)c2c(O)c3ccccc3oc2=O)c(=O)n(C)c1=O. The first kappa shape index (κ1) is 20.5. The Morgan fingerprint density at radius 1 is 0.903 bits per heavy atom. The summed E-state index contributed by atoms with van der Waals surface area (Å²) >= 11 is 5.99. The van der Waals surface area contributed by atoms with Crippen LogP contribution in [0, 0.1) is 0 Å². The molecule has 4 rings (SSSR count). The minimum atomic E-state index is -1.23. The Kier molecular flexibility index (Phi) is 4.94. The lowest BCUT2D eigenvalue weighted by Gasteiger charge is -2.21. The van der Waals surface area contributed by atoms with Crippen molar-refractivity contribution in [3.8, 4) is 11.6 Å². The number of hydrogen-bond acceptors (Lipinski definition) is 6. The van der Waals surface area contributed by atoms with Crippen LogP contribution in [-0.4, -0.2) is 19.3 Å². The van der Waals surface area contributed by atoms with Crippen LogP contribution in [0.3, 0.4) is 0 Å². The fraction of sp³-hybridized carbons (Fsp3) is 0.136. The van der Waals surface area contributed by atoms with Crippen LogP contribution in [0.5, 0.6) is 11.6 Å². The third kappa shape index (κ3) is 3.21. The average Bonchev–Trinajstić information content (AvgIpc) is 2.76. The summed E-state index contributed by atoms with van der Waals surface area (Å²) in [6.45, 7) is 0. The van der Waals surface area contributed by atoms with Gasteiger partial charge in [0.05, 0.1) is 22.4 Å². The Morgan fingerprint density at radius 3 is 2.23 bits per heavy atom. The minimum Gasteiger partial charge on any atom is -0.507 e. The first-order chi connectivity index (χ1) is 14.7. The van der Waals surface area contributed by atoms with E-state index in [1.807, 2.05) is 0 Å². The molecule has 2 N–H and O–H groups in total. The summed E-state index contributed by atoms with van der Waals surface area (Å²) in [4.78, 5) is 38.2. The molecule has 1 atom stereocenters. The number of nitrogens with zero attached hydrogens (tertiary/aromatic N) is 2. The topological polar surface area (TPSA) is 115 Å². The molecule has 0 aliphatic heterocycles. The molecule has 8 nitrogen and oxygen atoms in total. The lowest BCUT2D eigenvalue weighted by atomic mass is 9.85. The molecule has 2 heterocycles. The molecule has 2 aromatic carbocycles. The van der Waals surface area contributed by atoms with Gasteiger partial charge in [0.25, 0.3) is 5.56 Å². The molecule has 2 aromatic heterocycles. The number of fused-ring (bicyclic) bond motifs is 1. The number of benzene rings is 2. The molecular formula is C22H17ClN2O6. The van der Waals surface area contributed by atoms with E-state index in [0.29, 0.717) is 10.6 Å². The molecule has 0 radical (unpaired) electrons. The first-order valence-corrected chi connectivity index (χ1v) is 9.59. The van der Waals surface area contributed by atoms with Crippen LogP contribution < -0.4 is 16.9 Å². The van der Waals surface area contributed by atoms with Gasteiger partial charge in [-0.05, 0) is 29.8 Å². The van der Waals surface area contributed by atoms with Gasteiger partial charge in [0, 0.05) is 19.1 Å². The molecule has 0 amide bonds. The van der Waals surface area contributed by atoms with E-state index in [2.05, 4.69) is 0 Å². The fourth-order valence-electron chi connectivity index (χ4n) is 3.65. The highest BCUT2D eigenvalue weighted by molar-refractivity contribution is 6.30. The largest absolute Gasteiger partial charge is 0.507 e. The number of para-hydroxylation sites is 1. The summed E-state index contributed by atoms with van der Waals surface area (Å²) in [5.74, 6) is -2.24. The first-order valence-electron chi connectivity index (χ1n) is 9.21. The second kappa shape index (κ2) is 7.48. The number of aromatic hydroxyl groups is 2. The molecule has 158 valence electrons. The molecule has 4 aromatic rings. The van der Waals surface area contributed by atoms with Gasteiger partial charge in [-0.3, -0.25) is 13.9 Å². The molecule has 0 aliphatic carbocycles. The predicted molar refractivity (Wildman–Crippen MR) is 115 cm³/mol. The van der Waals surface area contributed by atoms with Crippen molar-refractivity contribution in [2.45, 2.75) is 5.92 Å². The van der Waals surface area contributed by atoms with E-state index in [1.165, 1.54) is 20.2 Å². The maximum Gasteiger partial charge on any atom is 0.344 e. The van der Waals surface area contributed by atoms with E-state index < -0.39 is 28.7 Å². The van der Waals surface area contributed by atoms with Crippen molar-refractivity contribution in [1.29, 1.82) is 0 Å². The van der Waals surface area contributed by atoms with Crippen molar-refractivity contribution >= 4 is 22.6 Å². The van der Waals surface area contributed by atoms with Crippen molar-refractivity contribution in [3.05, 3.63) is 102 Å². The normalized spacial score (nSPS) is 12.2. The zero-order valence-corrected chi connectivity index (χ0v) is 17.3. The zero-order valence-electron chi connectivity index (χ0n) is 16.5. The summed E-state index contributed by atoms with van der Waals surface area (Å²) in [5, 5.41) is 22.4. The van der Waals surface area contributed by atoms with Crippen LogP contribution in [0.2, 0.25) is 5.02 Å². The monoisotopic (exact) mass is 440 g/mol. The lowest BCUT2D eigenvalue weighted by Crippen LogP contribution is -2.40. The molecule has 0 fully saturated rings. The molecule has 0 saturated heterocycles. The number of aromatic nitrogens is 2. The van der Waals surface area contributed by atoms with Crippen LogP contribution >= 0.6 is 11.6 Å². The fourth-order valence-corrected chi connectivity index (χ4v) is 3.77. The van der Waals surface area contributed by atoms with Crippen molar-refractivity contribution in [1.82, 2.24) is 9.13 Å². The van der Waals surface area contributed by atoms with Gasteiger partial charge in [0.15, 0.2) is 0 Å². The van der Waals surface area contributed by atoms with Gasteiger partial charge in [-0.2, -0.15) is 0 Å². The molecule has 0 spiro atoms. The van der Waals surface area contributed by atoms with E-state index in [4.69, 9.17) is 16.0 Å². The van der Waals surface area contributed by atoms with Gasteiger partial charge >= 0.3 is 11.3 Å². The van der Waals surface area contributed by atoms with E-state index >= 15 is 0 Å².